The highest BCUT2D eigenvalue weighted by Gasteiger charge is 2.36. The largest absolute Gasteiger partial charge is 0.444 e. The second kappa shape index (κ2) is 2.96. The summed E-state index contributed by atoms with van der Waals surface area (Å²) in [5.74, 6) is 0. The van der Waals surface area contributed by atoms with Crippen LogP contribution in [0, 0.1) is 0 Å². The van der Waals surface area contributed by atoms with E-state index in [1.807, 2.05) is 27.7 Å². The minimum Gasteiger partial charge on any atom is -0.444 e. The molecule has 0 radical (unpaired) electrons. The van der Waals surface area contributed by atoms with Gasteiger partial charge in [-0.3, -0.25) is 4.90 Å². The van der Waals surface area contributed by atoms with Gasteiger partial charge in [0.1, 0.15) is 6.10 Å². The fourth-order valence-electron chi connectivity index (χ4n) is 1.28. The molecule has 70 valence electrons. The summed E-state index contributed by atoms with van der Waals surface area (Å²) in [4.78, 5) is 13.1. The second-order valence-electron chi connectivity index (χ2n) is 4.20. The van der Waals surface area contributed by atoms with E-state index in [0.717, 1.165) is 13.0 Å². The van der Waals surface area contributed by atoms with E-state index < -0.39 is 0 Å². The van der Waals surface area contributed by atoms with Crippen molar-refractivity contribution in [2.45, 2.75) is 45.8 Å². The van der Waals surface area contributed by atoms with Gasteiger partial charge in [-0.15, -0.1) is 0 Å². The maximum absolute atomic E-state index is 11.3. The molecule has 0 aromatic heterocycles. The van der Waals surface area contributed by atoms with Gasteiger partial charge in [0.05, 0.1) is 6.54 Å². The monoisotopic (exact) mass is 171 g/mol. The Kier molecular flexibility index (Phi) is 2.31. The van der Waals surface area contributed by atoms with E-state index in [1.165, 1.54) is 0 Å². The Bertz CT molecular complexity index is 183. The van der Waals surface area contributed by atoms with Crippen molar-refractivity contribution < 1.29 is 9.53 Å². The van der Waals surface area contributed by atoms with Crippen LogP contribution in [0.5, 0.6) is 0 Å². The van der Waals surface area contributed by atoms with E-state index in [-0.39, 0.29) is 17.7 Å². The SMILES string of the molecule is CC[C@H]1CN(C(C)(C)C)C(=O)O1. The van der Waals surface area contributed by atoms with Crippen molar-refractivity contribution in [1.82, 2.24) is 4.90 Å². The average molecular weight is 171 g/mol. The lowest BCUT2D eigenvalue weighted by Crippen LogP contribution is -2.42. The third-order valence-electron chi connectivity index (χ3n) is 2.14. The van der Waals surface area contributed by atoms with Crippen LogP contribution in [0.2, 0.25) is 0 Å². The van der Waals surface area contributed by atoms with E-state index in [2.05, 4.69) is 0 Å². The summed E-state index contributed by atoms with van der Waals surface area (Å²) >= 11 is 0. The number of rotatable bonds is 1. The van der Waals surface area contributed by atoms with Crippen molar-refractivity contribution in [3.05, 3.63) is 0 Å². The Labute approximate surface area is 73.7 Å². The molecule has 1 aliphatic rings. The van der Waals surface area contributed by atoms with Crippen LogP contribution in [0.3, 0.4) is 0 Å². The smallest absolute Gasteiger partial charge is 0.410 e. The van der Waals surface area contributed by atoms with Crippen molar-refractivity contribution in [3.8, 4) is 0 Å². The lowest BCUT2D eigenvalue weighted by molar-refractivity contribution is 0.119. The Balaban J connectivity index is 2.64. The fraction of sp³-hybridized carbons (Fsp3) is 0.889. The molecule has 0 aliphatic carbocycles. The number of cyclic esters (lactones) is 1. The predicted molar refractivity (Wildman–Crippen MR) is 47.0 cm³/mol. The quantitative estimate of drug-likeness (QED) is 0.604. The number of amides is 1. The number of carbonyl (C=O) groups excluding carboxylic acids is 1. The van der Waals surface area contributed by atoms with E-state index in [9.17, 15) is 4.79 Å². The summed E-state index contributed by atoms with van der Waals surface area (Å²) in [6.07, 6.45) is 0.823. The Hall–Kier alpha value is -0.730. The van der Waals surface area contributed by atoms with Crippen LogP contribution in [0.25, 0.3) is 0 Å². The summed E-state index contributed by atoms with van der Waals surface area (Å²) in [5.41, 5.74) is -0.110. The van der Waals surface area contributed by atoms with Gasteiger partial charge in [0.25, 0.3) is 0 Å². The maximum atomic E-state index is 11.3. The molecule has 0 unspecified atom stereocenters. The lowest BCUT2D eigenvalue weighted by Gasteiger charge is -2.29. The number of ether oxygens (including phenoxy) is 1. The molecule has 12 heavy (non-hydrogen) atoms. The summed E-state index contributed by atoms with van der Waals surface area (Å²) in [6, 6.07) is 0. The number of hydrogen-bond acceptors (Lipinski definition) is 2. The zero-order valence-corrected chi connectivity index (χ0v) is 8.26. The number of hydrogen-bond donors (Lipinski definition) is 0. The van der Waals surface area contributed by atoms with Crippen LogP contribution in [0.15, 0.2) is 0 Å². The van der Waals surface area contributed by atoms with E-state index in [1.54, 1.807) is 4.90 Å². The minimum atomic E-state index is -0.172. The molecule has 1 atom stereocenters. The Morgan fingerprint density at radius 1 is 1.58 bits per heavy atom. The number of carbonyl (C=O) groups is 1. The van der Waals surface area contributed by atoms with Crippen LogP contribution < -0.4 is 0 Å². The molecule has 0 aromatic rings. The molecule has 0 N–H and O–H groups in total. The van der Waals surface area contributed by atoms with Crippen LogP contribution in [0.4, 0.5) is 4.79 Å². The zero-order chi connectivity index (χ0) is 9.35. The molecule has 1 amide bonds. The highest BCUT2D eigenvalue weighted by atomic mass is 16.6. The molecule has 3 nitrogen and oxygen atoms in total. The summed E-state index contributed by atoms with van der Waals surface area (Å²) in [5, 5.41) is 0. The van der Waals surface area contributed by atoms with Crippen molar-refractivity contribution in [2.75, 3.05) is 6.54 Å². The van der Waals surface area contributed by atoms with Crippen molar-refractivity contribution in [2.24, 2.45) is 0 Å². The highest BCUT2D eigenvalue weighted by molar-refractivity contribution is 5.70. The van der Waals surface area contributed by atoms with Gasteiger partial charge < -0.3 is 4.74 Å². The first-order valence-electron chi connectivity index (χ1n) is 4.43. The third kappa shape index (κ3) is 1.71. The maximum Gasteiger partial charge on any atom is 0.410 e. The Morgan fingerprint density at radius 3 is 2.42 bits per heavy atom. The van der Waals surface area contributed by atoms with Gasteiger partial charge in [-0.1, -0.05) is 6.92 Å². The molecule has 0 saturated carbocycles. The predicted octanol–water partition coefficient (Wildman–Crippen LogP) is 2.02. The second-order valence-corrected chi connectivity index (χ2v) is 4.20. The normalized spacial score (nSPS) is 24.5. The summed E-state index contributed by atoms with van der Waals surface area (Å²) in [6.45, 7) is 8.83. The van der Waals surface area contributed by atoms with Gasteiger partial charge in [-0.25, -0.2) is 4.79 Å². The first-order chi connectivity index (χ1) is 5.45. The first-order valence-corrected chi connectivity index (χ1v) is 4.43. The highest BCUT2D eigenvalue weighted by Crippen LogP contribution is 2.22. The molecule has 1 heterocycles. The van der Waals surface area contributed by atoms with Gasteiger partial charge in [0, 0.05) is 5.54 Å². The van der Waals surface area contributed by atoms with Crippen molar-refractivity contribution >= 4 is 6.09 Å². The van der Waals surface area contributed by atoms with Gasteiger partial charge in [-0.05, 0) is 27.2 Å². The number of nitrogens with zero attached hydrogens (tertiary/aromatic N) is 1. The van der Waals surface area contributed by atoms with Gasteiger partial charge in [0.15, 0.2) is 0 Å². The third-order valence-corrected chi connectivity index (χ3v) is 2.14. The average Bonchev–Trinajstić information content (AvgIpc) is 2.29. The summed E-state index contributed by atoms with van der Waals surface area (Å²) < 4.78 is 5.14. The lowest BCUT2D eigenvalue weighted by atomic mass is 10.1. The van der Waals surface area contributed by atoms with Crippen LogP contribution in [-0.2, 0) is 4.74 Å². The molecule has 1 saturated heterocycles. The molecule has 0 aromatic carbocycles. The molecule has 1 rings (SSSR count). The van der Waals surface area contributed by atoms with Gasteiger partial charge >= 0.3 is 6.09 Å². The van der Waals surface area contributed by atoms with E-state index in [0.29, 0.717) is 0 Å². The van der Waals surface area contributed by atoms with Gasteiger partial charge in [-0.2, -0.15) is 0 Å². The van der Waals surface area contributed by atoms with E-state index >= 15 is 0 Å². The fourth-order valence-corrected chi connectivity index (χ4v) is 1.28. The molecule has 0 bridgehead atoms. The molecular formula is C9H17NO2. The van der Waals surface area contributed by atoms with Gasteiger partial charge in [0.2, 0.25) is 0 Å². The molecule has 3 heteroatoms. The Morgan fingerprint density at radius 2 is 2.17 bits per heavy atom. The zero-order valence-electron chi connectivity index (χ0n) is 8.26. The van der Waals surface area contributed by atoms with Crippen LogP contribution >= 0.6 is 0 Å². The van der Waals surface area contributed by atoms with Crippen LogP contribution in [-0.4, -0.2) is 29.2 Å². The topological polar surface area (TPSA) is 29.5 Å². The summed E-state index contributed by atoms with van der Waals surface area (Å²) in [7, 11) is 0. The van der Waals surface area contributed by atoms with Crippen molar-refractivity contribution in [1.29, 1.82) is 0 Å². The molecular weight excluding hydrogens is 154 g/mol. The van der Waals surface area contributed by atoms with Crippen LogP contribution in [0.1, 0.15) is 34.1 Å². The molecule has 0 spiro atoms. The van der Waals surface area contributed by atoms with E-state index in [4.69, 9.17) is 4.74 Å². The first kappa shape index (κ1) is 9.36. The minimum absolute atomic E-state index is 0.0942. The standard InChI is InChI=1S/C9H17NO2/c1-5-7-6-10(8(11)12-7)9(2,3)4/h7H,5-6H2,1-4H3/t7-/m0/s1. The molecule has 1 fully saturated rings. The molecule has 1 aliphatic heterocycles. The van der Waals surface area contributed by atoms with Crippen molar-refractivity contribution in [3.63, 3.8) is 0 Å².